The smallest absolute Gasteiger partial charge is 0.251 e. The second-order valence-corrected chi connectivity index (χ2v) is 6.68. The molecule has 0 fully saturated rings. The fourth-order valence-electron chi connectivity index (χ4n) is 2.81. The van der Waals surface area contributed by atoms with Crippen molar-refractivity contribution in [2.75, 3.05) is 5.32 Å². The lowest BCUT2D eigenvalue weighted by molar-refractivity contribution is -0.114. The maximum atomic E-state index is 12.5. The van der Waals surface area contributed by atoms with Crippen LogP contribution in [0.4, 0.5) is 5.69 Å². The number of amides is 2. The highest BCUT2D eigenvalue weighted by Crippen LogP contribution is 2.19. The fraction of sp³-hybridized carbons (Fsp3) is 0.174. The molecule has 3 rings (SSSR count). The van der Waals surface area contributed by atoms with Crippen molar-refractivity contribution >= 4 is 17.5 Å². The van der Waals surface area contributed by atoms with Gasteiger partial charge < -0.3 is 15.4 Å². The average molecular weight is 389 g/mol. The van der Waals surface area contributed by atoms with Gasteiger partial charge in [0.2, 0.25) is 5.91 Å². The Morgan fingerprint density at radius 2 is 1.86 bits per heavy atom. The van der Waals surface area contributed by atoms with Crippen LogP contribution in [0.1, 0.15) is 41.4 Å². The third-order valence-electron chi connectivity index (χ3n) is 4.30. The zero-order valence-corrected chi connectivity index (χ0v) is 16.4. The Kier molecular flexibility index (Phi) is 6.58. The van der Waals surface area contributed by atoms with Crippen LogP contribution >= 0.6 is 0 Å². The van der Waals surface area contributed by atoms with Gasteiger partial charge in [-0.1, -0.05) is 24.3 Å². The molecule has 0 radical (unpaired) electrons. The maximum Gasteiger partial charge on any atom is 0.251 e. The van der Waals surface area contributed by atoms with Gasteiger partial charge in [-0.25, -0.2) is 0 Å². The molecule has 0 spiro atoms. The SMILES string of the molecule is CC(=O)Nc1cccc(C(=O)NC(C)c2ccc(OCc3cccnc3)cc2)c1. The van der Waals surface area contributed by atoms with Crippen molar-refractivity contribution in [3.05, 3.63) is 89.7 Å². The van der Waals surface area contributed by atoms with Gasteiger partial charge in [0.25, 0.3) is 5.91 Å². The highest BCUT2D eigenvalue weighted by Gasteiger charge is 2.12. The fourth-order valence-corrected chi connectivity index (χ4v) is 2.81. The summed E-state index contributed by atoms with van der Waals surface area (Å²) < 4.78 is 5.76. The Morgan fingerprint density at radius 3 is 2.55 bits per heavy atom. The van der Waals surface area contributed by atoms with Gasteiger partial charge in [-0.2, -0.15) is 0 Å². The van der Waals surface area contributed by atoms with Crippen LogP contribution in [0.2, 0.25) is 0 Å². The molecule has 0 aliphatic heterocycles. The molecule has 0 saturated heterocycles. The first-order chi connectivity index (χ1) is 14.0. The Labute approximate surface area is 169 Å². The zero-order valence-electron chi connectivity index (χ0n) is 16.4. The summed E-state index contributed by atoms with van der Waals surface area (Å²) in [7, 11) is 0. The standard InChI is InChI=1S/C23H23N3O3/c1-16(25-23(28)20-6-3-7-21(13-20)26-17(2)27)19-8-10-22(11-9-19)29-15-18-5-4-12-24-14-18/h3-14,16H,15H2,1-2H3,(H,25,28)(H,26,27). The summed E-state index contributed by atoms with van der Waals surface area (Å²) in [6.07, 6.45) is 3.50. The molecule has 6 heteroatoms. The van der Waals surface area contributed by atoms with Gasteiger partial charge in [-0.15, -0.1) is 0 Å². The number of hydrogen-bond acceptors (Lipinski definition) is 4. The van der Waals surface area contributed by atoms with Gasteiger partial charge in [0, 0.05) is 36.1 Å². The first-order valence-corrected chi connectivity index (χ1v) is 9.31. The number of anilines is 1. The highest BCUT2D eigenvalue weighted by molar-refractivity contribution is 5.97. The minimum absolute atomic E-state index is 0.179. The van der Waals surface area contributed by atoms with E-state index < -0.39 is 0 Å². The molecular weight excluding hydrogens is 366 g/mol. The van der Waals surface area contributed by atoms with Crippen molar-refractivity contribution in [3.63, 3.8) is 0 Å². The molecule has 1 atom stereocenters. The molecule has 1 unspecified atom stereocenters. The third kappa shape index (κ3) is 5.90. The van der Waals surface area contributed by atoms with Crippen molar-refractivity contribution < 1.29 is 14.3 Å². The molecule has 0 aliphatic carbocycles. The van der Waals surface area contributed by atoms with E-state index in [0.717, 1.165) is 16.9 Å². The Morgan fingerprint density at radius 1 is 1.07 bits per heavy atom. The van der Waals surface area contributed by atoms with Crippen molar-refractivity contribution in [1.29, 1.82) is 0 Å². The van der Waals surface area contributed by atoms with E-state index in [1.54, 1.807) is 36.7 Å². The normalized spacial score (nSPS) is 11.4. The molecule has 6 nitrogen and oxygen atoms in total. The summed E-state index contributed by atoms with van der Waals surface area (Å²) in [6, 6.07) is 18.1. The zero-order chi connectivity index (χ0) is 20.6. The van der Waals surface area contributed by atoms with Crippen molar-refractivity contribution in [1.82, 2.24) is 10.3 Å². The van der Waals surface area contributed by atoms with Crippen molar-refractivity contribution in [3.8, 4) is 5.75 Å². The van der Waals surface area contributed by atoms with E-state index in [1.165, 1.54) is 6.92 Å². The summed E-state index contributed by atoms with van der Waals surface area (Å²) in [5, 5.41) is 5.65. The monoisotopic (exact) mass is 389 g/mol. The van der Waals surface area contributed by atoms with Crippen molar-refractivity contribution in [2.24, 2.45) is 0 Å². The van der Waals surface area contributed by atoms with E-state index in [-0.39, 0.29) is 17.9 Å². The molecule has 2 amide bonds. The third-order valence-corrected chi connectivity index (χ3v) is 4.30. The minimum Gasteiger partial charge on any atom is -0.489 e. The van der Waals surface area contributed by atoms with Crippen LogP contribution in [0, 0.1) is 0 Å². The summed E-state index contributed by atoms with van der Waals surface area (Å²) in [5.74, 6) is 0.363. The molecule has 2 N–H and O–H groups in total. The van der Waals surface area contributed by atoms with Gasteiger partial charge in [0.1, 0.15) is 12.4 Å². The number of nitrogens with zero attached hydrogens (tertiary/aromatic N) is 1. The molecule has 148 valence electrons. The van der Waals surface area contributed by atoms with E-state index in [1.807, 2.05) is 43.3 Å². The van der Waals surface area contributed by atoms with Gasteiger partial charge in [-0.3, -0.25) is 14.6 Å². The van der Waals surface area contributed by atoms with Gasteiger partial charge in [0.15, 0.2) is 0 Å². The number of rotatable bonds is 7. The van der Waals surface area contributed by atoms with E-state index >= 15 is 0 Å². The molecular formula is C23H23N3O3. The Hall–Kier alpha value is -3.67. The first-order valence-electron chi connectivity index (χ1n) is 9.31. The molecule has 1 heterocycles. The van der Waals surface area contributed by atoms with Crippen molar-refractivity contribution in [2.45, 2.75) is 26.5 Å². The van der Waals surface area contributed by atoms with Crippen LogP contribution in [-0.2, 0) is 11.4 Å². The van der Waals surface area contributed by atoms with Gasteiger partial charge in [0.05, 0.1) is 6.04 Å². The van der Waals surface area contributed by atoms with Gasteiger partial charge >= 0.3 is 0 Å². The lowest BCUT2D eigenvalue weighted by Gasteiger charge is -2.15. The topological polar surface area (TPSA) is 80.3 Å². The molecule has 1 aromatic heterocycles. The molecule has 2 aromatic carbocycles. The van der Waals surface area contributed by atoms with Crippen LogP contribution in [-0.4, -0.2) is 16.8 Å². The van der Waals surface area contributed by atoms with Crippen LogP contribution < -0.4 is 15.4 Å². The Bertz CT molecular complexity index is 972. The average Bonchev–Trinajstić information content (AvgIpc) is 2.73. The number of carbonyl (C=O) groups excluding carboxylic acids is 2. The summed E-state index contributed by atoms with van der Waals surface area (Å²) in [4.78, 5) is 27.8. The largest absolute Gasteiger partial charge is 0.489 e. The van der Waals surface area contributed by atoms with E-state index in [2.05, 4.69) is 15.6 Å². The Balaban J connectivity index is 1.58. The maximum absolute atomic E-state index is 12.5. The predicted octanol–water partition coefficient (Wildman–Crippen LogP) is 4.11. The quantitative estimate of drug-likeness (QED) is 0.637. The van der Waals surface area contributed by atoms with Crippen LogP contribution in [0.3, 0.4) is 0 Å². The summed E-state index contributed by atoms with van der Waals surface area (Å²) >= 11 is 0. The van der Waals surface area contributed by atoms with Crippen LogP contribution in [0.5, 0.6) is 5.75 Å². The minimum atomic E-state index is -0.207. The van der Waals surface area contributed by atoms with E-state index in [9.17, 15) is 9.59 Å². The van der Waals surface area contributed by atoms with Gasteiger partial charge in [-0.05, 0) is 48.9 Å². The van der Waals surface area contributed by atoms with Crippen LogP contribution in [0.15, 0.2) is 73.1 Å². The lowest BCUT2D eigenvalue weighted by Crippen LogP contribution is -2.26. The number of ether oxygens (including phenoxy) is 1. The van der Waals surface area contributed by atoms with E-state index in [4.69, 9.17) is 4.74 Å². The predicted molar refractivity (Wildman–Crippen MR) is 112 cm³/mol. The van der Waals surface area contributed by atoms with E-state index in [0.29, 0.717) is 17.9 Å². The molecule has 29 heavy (non-hydrogen) atoms. The molecule has 0 bridgehead atoms. The summed E-state index contributed by atoms with van der Waals surface area (Å²) in [6.45, 7) is 3.80. The number of nitrogens with one attached hydrogen (secondary N) is 2. The lowest BCUT2D eigenvalue weighted by atomic mass is 10.1. The first kappa shape index (κ1) is 20.1. The summed E-state index contributed by atoms with van der Waals surface area (Å²) in [5.41, 5.74) is 3.04. The number of hydrogen-bond donors (Lipinski definition) is 2. The second-order valence-electron chi connectivity index (χ2n) is 6.68. The number of carbonyl (C=O) groups is 2. The van der Waals surface area contributed by atoms with Crippen LogP contribution in [0.25, 0.3) is 0 Å². The number of benzene rings is 2. The molecule has 3 aromatic rings. The highest BCUT2D eigenvalue weighted by atomic mass is 16.5. The molecule has 0 saturated carbocycles. The number of pyridine rings is 1. The molecule has 0 aliphatic rings. The number of aromatic nitrogens is 1. The second kappa shape index (κ2) is 9.50.